The molecule has 8 heteroatoms. The van der Waals surface area contributed by atoms with Gasteiger partial charge in [-0.25, -0.2) is 8.42 Å². The number of ether oxygens (including phenoxy) is 2. The quantitative estimate of drug-likeness (QED) is 0.471. The SMILES string of the molecule is CC[C@@H](C(=O)NCCOc1ccc2ccccc2c1)N(c1cccc(OC)c1)S(C)(=O)=O. The summed E-state index contributed by atoms with van der Waals surface area (Å²) in [7, 11) is -2.20. The lowest BCUT2D eigenvalue weighted by atomic mass is 10.1. The van der Waals surface area contributed by atoms with Crippen LogP contribution in [0.25, 0.3) is 10.8 Å². The largest absolute Gasteiger partial charge is 0.497 e. The third-order valence-electron chi connectivity index (χ3n) is 5.03. The highest BCUT2D eigenvalue weighted by Gasteiger charge is 2.31. The maximum absolute atomic E-state index is 12.9. The Balaban J connectivity index is 1.65. The van der Waals surface area contributed by atoms with E-state index in [0.29, 0.717) is 23.6 Å². The second-order valence-corrected chi connectivity index (χ2v) is 9.19. The van der Waals surface area contributed by atoms with Crippen LogP contribution in [0.3, 0.4) is 0 Å². The third kappa shape index (κ3) is 5.70. The molecule has 0 saturated carbocycles. The first-order valence-electron chi connectivity index (χ1n) is 10.4. The molecule has 0 heterocycles. The monoisotopic (exact) mass is 456 g/mol. The maximum atomic E-state index is 12.9. The molecule has 0 spiro atoms. The summed E-state index contributed by atoms with van der Waals surface area (Å²) in [6.07, 6.45) is 1.40. The lowest BCUT2D eigenvalue weighted by Crippen LogP contribution is -2.50. The molecular formula is C24H28N2O5S. The molecule has 0 unspecified atom stereocenters. The van der Waals surface area contributed by atoms with E-state index in [1.54, 1.807) is 31.2 Å². The van der Waals surface area contributed by atoms with Gasteiger partial charge in [0.2, 0.25) is 15.9 Å². The van der Waals surface area contributed by atoms with Crippen LogP contribution in [0, 0.1) is 0 Å². The van der Waals surface area contributed by atoms with E-state index in [4.69, 9.17) is 9.47 Å². The van der Waals surface area contributed by atoms with Crippen molar-refractivity contribution >= 4 is 32.4 Å². The van der Waals surface area contributed by atoms with Gasteiger partial charge in [-0.3, -0.25) is 9.10 Å². The number of carbonyl (C=O) groups excluding carboxylic acids is 1. The van der Waals surface area contributed by atoms with Crippen LogP contribution < -0.4 is 19.1 Å². The Labute approximate surface area is 189 Å². The van der Waals surface area contributed by atoms with Crippen LogP contribution in [0.5, 0.6) is 11.5 Å². The Kier molecular flexibility index (Phi) is 7.58. The predicted molar refractivity (Wildman–Crippen MR) is 127 cm³/mol. The highest BCUT2D eigenvalue weighted by molar-refractivity contribution is 7.92. The van der Waals surface area contributed by atoms with Gasteiger partial charge in [0.25, 0.3) is 0 Å². The molecule has 0 radical (unpaired) electrons. The number of hydrogen-bond donors (Lipinski definition) is 1. The summed E-state index contributed by atoms with van der Waals surface area (Å²) in [5, 5.41) is 4.98. The van der Waals surface area contributed by atoms with Gasteiger partial charge in [0.05, 0.1) is 25.6 Å². The van der Waals surface area contributed by atoms with E-state index in [2.05, 4.69) is 5.32 Å². The Morgan fingerprint density at radius 3 is 2.44 bits per heavy atom. The highest BCUT2D eigenvalue weighted by Crippen LogP contribution is 2.26. The summed E-state index contributed by atoms with van der Waals surface area (Å²) in [6, 6.07) is 19.5. The number of fused-ring (bicyclic) bond motifs is 1. The van der Waals surface area contributed by atoms with Crippen molar-refractivity contribution in [1.82, 2.24) is 5.32 Å². The zero-order chi connectivity index (χ0) is 23.1. The Bertz CT molecular complexity index is 1180. The van der Waals surface area contributed by atoms with Gasteiger partial charge in [0.1, 0.15) is 24.1 Å². The van der Waals surface area contributed by atoms with Gasteiger partial charge in [-0.1, -0.05) is 43.3 Å². The number of rotatable bonds is 10. The number of nitrogens with zero attached hydrogens (tertiary/aromatic N) is 1. The van der Waals surface area contributed by atoms with Crippen LogP contribution >= 0.6 is 0 Å². The molecule has 32 heavy (non-hydrogen) atoms. The fourth-order valence-electron chi connectivity index (χ4n) is 3.53. The Morgan fingerprint density at radius 1 is 1.00 bits per heavy atom. The summed E-state index contributed by atoms with van der Waals surface area (Å²) in [6.45, 7) is 2.28. The maximum Gasteiger partial charge on any atom is 0.244 e. The first-order valence-corrected chi connectivity index (χ1v) is 12.2. The van der Waals surface area contributed by atoms with Gasteiger partial charge in [-0.2, -0.15) is 0 Å². The zero-order valence-corrected chi connectivity index (χ0v) is 19.3. The zero-order valence-electron chi connectivity index (χ0n) is 18.4. The molecular weight excluding hydrogens is 428 g/mol. The molecule has 0 aliphatic heterocycles. The number of amides is 1. The molecule has 0 aromatic heterocycles. The Morgan fingerprint density at radius 2 is 1.75 bits per heavy atom. The molecule has 0 aliphatic carbocycles. The van der Waals surface area contributed by atoms with E-state index in [9.17, 15) is 13.2 Å². The van der Waals surface area contributed by atoms with Crippen LogP contribution in [0.2, 0.25) is 0 Å². The van der Waals surface area contributed by atoms with Crippen molar-refractivity contribution in [1.29, 1.82) is 0 Å². The van der Waals surface area contributed by atoms with Crippen LogP contribution in [0.1, 0.15) is 13.3 Å². The van der Waals surface area contributed by atoms with Crippen molar-refractivity contribution < 1.29 is 22.7 Å². The summed E-state index contributed by atoms with van der Waals surface area (Å²) in [5.41, 5.74) is 0.376. The van der Waals surface area contributed by atoms with Crippen molar-refractivity contribution in [2.24, 2.45) is 0 Å². The van der Waals surface area contributed by atoms with Crippen molar-refractivity contribution in [2.75, 3.05) is 30.8 Å². The standard InChI is InChI=1S/C24H28N2O5S/c1-4-23(26(32(3,28)29)20-10-7-11-21(17-20)30-2)24(27)25-14-15-31-22-13-12-18-8-5-6-9-19(18)16-22/h5-13,16-17,23H,4,14-15H2,1-3H3,(H,25,27)/t23-/m0/s1. The van der Waals surface area contributed by atoms with Crippen molar-refractivity contribution in [3.05, 3.63) is 66.7 Å². The van der Waals surface area contributed by atoms with Gasteiger partial charge < -0.3 is 14.8 Å². The lowest BCUT2D eigenvalue weighted by Gasteiger charge is -2.30. The first kappa shape index (κ1) is 23.4. The molecule has 0 fully saturated rings. The van der Waals surface area contributed by atoms with Crippen molar-refractivity contribution in [2.45, 2.75) is 19.4 Å². The number of carbonyl (C=O) groups is 1. The van der Waals surface area contributed by atoms with E-state index in [0.717, 1.165) is 21.3 Å². The summed E-state index contributed by atoms with van der Waals surface area (Å²) in [4.78, 5) is 12.9. The average molecular weight is 457 g/mol. The van der Waals surface area contributed by atoms with Crippen LogP contribution in [-0.2, 0) is 14.8 Å². The van der Waals surface area contributed by atoms with E-state index in [1.807, 2.05) is 42.5 Å². The number of methoxy groups -OCH3 is 1. The van der Waals surface area contributed by atoms with Gasteiger partial charge in [0.15, 0.2) is 0 Å². The first-order chi connectivity index (χ1) is 15.3. The van der Waals surface area contributed by atoms with Gasteiger partial charge >= 0.3 is 0 Å². The molecule has 3 aromatic carbocycles. The minimum absolute atomic E-state index is 0.248. The molecule has 1 amide bonds. The summed E-state index contributed by atoms with van der Waals surface area (Å²) < 4.78 is 37.2. The number of nitrogens with one attached hydrogen (secondary N) is 1. The molecule has 3 aromatic rings. The van der Waals surface area contributed by atoms with E-state index in [-0.39, 0.29) is 19.1 Å². The topological polar surface area (TPSA) is 84.9 Å². The minimum Gasteiger partial charge on any atom is -0.497 e. The molecule has 0 saturated heterocycles. The van der Waals surface area contributed by atoms with Gasteiger partial charge in [-0.05, 0) is 41.5 Å². The molecule has 0 bridgehead atoms. The third-order valence-corrected chi connectivity index (χ3v) is 6.21. The van der Waals surface area contributed by atoms with Crippen molar-refractivity contribution in [3.63, 3.8) is 0 Å². The molecule has 3 rings (SSSR count). The number of sulfonamides is 1. The van der Waals surface area contributed by atoms with E-state index >= 15 is 0 Å². The fourth-order valence-corrected chi connectivity index (χ4v) is 4.73. The number of benzene rings is 3. The molecule has 1 atom stereocenters. The van der Waals surface area contributed by atoms with Crippen LogP contribution in [0.4, 0.5) is 5.69 Å². The summed E-state index contributed by atoms with van der Waals surface area (Å²) in [5.74, 6) is 0.831. The highest BCUT2D eigenvalue weighted by atomic mass is 32.2. The number of hydrogen-bond acceptors (Lipinski definition) is 5. The second-order valence-electron chi connectivity index (χ2n) is 7.33. The average Bonchev–Trinajstić information content (AvgIpc) is 2.79. The number of anilines is 1. The van der Waals surface area contributed by atoms with E-state index in [1.165, 1.54) is 7.11 Å². The van der Waals surface area contributed by atoms with Gasteiger partial charge in [-0.15, -0.1) is 0 Å². The predicted octanol–water partition coefficient (Wildman–Crippen LogP) is 3.59. The Hall–Kier alpha value is -3.26. The minimum atomic E-state index is -3.71. The van der Waals surface area contributed by atoms with Crippen LogP contribution in [-0.4, -0.2) is 46.9 Å². The fraction of sp³-hybridized carbons (Fsp3) is 0.292. The van der Waals surface area contributed by atoms with Crippen molar-refractivity contribution in [3.8, 4) is 11.5 Å². The van der Waals surface area contributed by atoms with Crippen LogP contribution in [0.15, 0.2) is 66.7 Å². The summed E-state index contributed by atoms with van der Waals surface area (Å²) >= 11 is 0. The molecule has 0 aliphatic rings. The normalized spacial score (nSPS) is 12.2. The molecule has 170 valence electrons. The second kappa shape index (κ2) is 10.4. The smallest absolute Gasteiger partial charge is 0.244 e. The van der Waals surface area contributed by atoms with E-state index < -0.39 is 16.1 Å². The molecule has 7 nitrogen and oxygen atoms in total. The van der Waals surface area contributed by atoms with Gasteiger partial charge in [0, 0.05) is 6.07 Å². The lowest BCUT2D eigenvalue weighted by molar-refractivity contribution is -0.122. The molecule has 1 N–H and O–H groups in total.